The lowest BCUT2D eigenvalue weighted by atomic mass is 10.1. The lowest BCUT2D eigenvalue weighted by molar-refractivity contribution is -0.123. The standard InChI is InChI=1S/C20H22F3N3O4/c1-5-13-15(19(29)30-4)11(3)16(25-13)18(28)26-14-8-12(7-6-10(14)2)17(27)24-9-20(21,22)23/h6-8,25H,5,9H2,1-4H3,(H,24,27)(H,26,28). The fraction of sp³-hybridized carbons (Fsp3) is 0.350. The first-order chi connectivity index (χ1) is 14.0. The van der Waals surface area contributed by atoms with Gasteiger partial charge in [0.1, 0.15) is 12.2 Å². The van der Waals surface area contributed by atoms with Crippen LogP contribution in [0.5, 0.6) is 0 Å². The van der Waals surface area contributed by atoms with Crippen molar-refractivity contribution in [2.45, 2.75) is 33.4 Å². The molecule has 0 aliphatic carbocycles. The predicted octanol–water partition coefficient (Wildman–Crippen LogP) is 3.52. The van der Waals surface area contributed by atoms with E-state index in [2.05, 4.69) is 10.3 Å². The second-order valence-electron chi connectivity index (χ2n) is 6.61. The summed E-state index contributed by atoms with van der Waals surface area (Å²) in [6.45, 7) is 3.63. The van der Waals surface area contributed by atoms with Crippen molar-refractivity contribution < 1.29 is 32.3 Å². The molecule has 0 atom stereocenters. The minimum atomic E-state index is -4.53. The molecule has 3 N–H and O–H groups in total. The second-order valence-corrected chi connectivity index (χ2v) is 6.61. The van der Waals surface area contributed by atoms with Gasteiger partial charge < -0.3 is 20.4 Å². The van der Waals surface area contributed by atoms with Crippen molar-refractivity contribution in [3.63, 3.8) is 0 Å². The van der Waals surface area contributed by atoms with Gasteiger partial charge in [0.15, 0.2) is 0 Å². The van der Waals surface area contributed by atoms with Gasteiger partial charge in [-0.15, -0.1) is 0 Å². The molecule has 2 aromatic rings. The summed E-state index contributed by atoms with van der Waals surface area (Å²) < 4.78 is 41.7. The van der Waals surface area contributed by atoms with Crippen LogP contribution >= 0.6 is 0 Å². The molecule has 0 fully saturated rings. The van der Waals surface area contributed by atoms with Gasteiger partial charge in [0, 0.05) is 16.9 Å². The highest BCUT2D eigenvalue weighted by atomic mass is 19.4. The van der Waals surface area contributed by atoms with E-state index in [1.807, 2.05) is 6.92 Å². The number of anilines is 1. The number of amides is 2. The van der Waals surface area contributed by atoms with Crippen LogP contribution in [0.4, 0.5) is 18.9 Å². The highest BCUT2D eigenvalue weighted by molar-refractivity contribution is 6.07. The van der Waals surface area contributed by atoms with Gasteiger partial charge in [0.25, 0.3) is 11.8 Å². The molecule has 0 saturated heterocycles. The minimum Gasteiger partial charge on any atom is -0.465 e. The fourth-order valence-corrected chi connectivity index (χ4v) is 2.89. The quantitative estimate of drug-likeness (QED) is 0.617. The van der Waals surface area contributed by atoms with Crippen molar-refractivity contribution in [2.24, 2.45) is 0 Å². The number of H-pyrrole nitrogens is 1. The van der Waals surface area contributed by atoms with E-state index in [9.17, 15) is 27.6 Å². The van der Waals surface area contributed by atoms with Gasteiger partial charge in [-0.25, -0.2) is 4.79 Å². The number of rotatable bonds is 6. The van der Waals surface area contributed by atoms with Crippen LogP contribution in [0.3, 0.4) is 0 Å². The van der Waals surface area contributed by atoms with Crippen LogP contribution in [0, 0.1) is 13.8 Å². The Bertz CT molecular complexity index is 980. The number of ether oxygens (including phenoxy) is 1. The molecular formula is C20H22F3N3O4. The number of aromatic amines is 1. The molecular weight excluding hydrogens is 403 g/mol. The van der Waals surface area contributed by atoms with Gasteiger partial charge in [0.2, 0.25) is 0 Å². The van der Waals surface area contributed by atoms with Gasteiger partial charge >= 0.3 is 12.1 Å². The molecule has 0 aliphatic heterocycles. The summed E-state index contributed by atoms with van der Waals surface area (Å²) in [4.78, 5) is 39.7. The fourth-order valence-electron chi connectivity index (χ4n) is 2.89. The van der Waals surface area contributed by atoms with E-state index in [4.69, 9.17) is 4.74 Å². The smallest absolute Gasteiger partial charge is 0.405 e. The number of aryl methyl sites for hydroxylation is 2. The molecule has 162 valence electrons. The first-order valence-corrected chi connectivity index (χ1v) is 9.05. The number of hydrogen-bond donors (Lipinski definition) is 3. The number of aromatic nitrogens is 1. The largest absolute Gasteiger partial charge is 0.465 e. The Morgan fingerprint density at radius 1 is 1.13 bits per heavy atom. The first kappa shape index (κ1) is 23.0. The molecule has 0 unspecified atom stereocenters. The average Bonchev–Trinajstić information content (AvgIpc) is 3.03. The van der Waals surface area contributed by atoms with Crippen LogP contribution in [-0.4, -0.2) is 42.6 Å². The van der Waals surface area contributed by atoms with Crippen LogP contribution in [0.2, 0.25) is 0 Å². The number of carbonyl (C=O) groups excluding carboxylic acids is 3. The number of nitrogens with one attached hydrogen (secondary N) is 3. The van der Waals surface area contributed by atoms with E-state index in [0.717, 1.165) is 0 Å². The molecule has 1 heterocycles. The molecule has 7 nitrogen and oxygen atoms in total. The Hall–Kier alpha value is -3.30. The molecule has 0 spiro atoms. The van der Waals surface area contributed by atoms with Crippen molar-refractivity contribution in [3.05, 3.63) is 51.8 Å². The Balaban J connectivity index is 2.28. The third-order valence-electron chi connectivity index (χ3n) is 4.50. The van der Waals surface area contributed by atoms with E-state index in [1.54, 1.807) is 19.2 Å². The SMILES string of the molecule is CCc1[nH]c(C(=O)Nc2cc(C(=O)NCC(F)(F)F)ccc2C)c(C)c1C(=O)OC. The molecule has 0 bridgehead atoms. The number of alkyl halides is 3. The van der Waals surface area contributed by atoms with E-state index in [-0.39, 0.29) is 22.5 Å². The van der Waals surface area contributed by atoms with E-state index < -0.39 is 30.5 Å². The molecule has 1 aromatic heterocycles. The molecule has 2 rings (SSSR count). The second kappa shape index (κ2) is 9.02. The number of esters is 1. The summed E-state index contributed by atoms with van der Waals surface area (Å²) in [6.07, 6.45) is -4.07. The van der Waals surface area contributed by atoms with Crippen LogP contribution < -0.4 is 10.6 Å². The first-order valence-electron chi connectivity index (χ1n) is 9.05. The lowest BCUT2D eigenvalue weighted by Gasteiger charge is -2.12. The van der Waals surface area contributed by atoms with Crippen molar-refractivity contribution >= 4 is 23.5 Å². The maximum atomic E-state index is 12.8. The van der Waals surface area contributed by atoms with Gasteiger partial charge in [0.05, 0.1) is 12.7 Å². The lowest BCUT2D eigenvalue weighted by Crippen LogP contribution is -2.33. The molecule has 1 aromatic carbocycles. The number of hydrogen-bond acceptors (Lipinski definition) is 4. The van der Waals surface area contributed by atoms with E-state index in [0.29, 0.717) is 23.2 Å². The Kier molecular flexibility index (Phi) is 6.91. The van der Waals surface area contributed by atoms with Crippen molar-refractivity contribution in [2.75, 3.05) is 19.0 Å². The highest BCUT2D eigenvalue weighted by Crippen LogP contribution is 2.23. The van der Waals surface area contributed by atoms with Gasteiger partial charge in [-0.05, 0) is 43.5 Å². The van der Waals surface area contributed by atoms with E-state index in [1.165, 1.54) is 25.3 Å². The Morgan fingerprint density at radius 3 is 2.37 bits per heavy atom. The summed E-state index contributed by atoms with van der Waals surface area (Å²) in [7, 11) is 1.24. The third-order valence-corrected chi connectivity index (χ3v) is 4.50. The van der Waals surface area contributed by atoms with Gasteiger partial charge in [-0.1, -0.05) is 13.0 Å². The average molecular weight is 425 g/mol. The van der Waals surface area contributed by atoms with Crippen LogP contribution in [0.1, 0.15) is 54.9 Å². The topological polar surface area (TPSA) is 100 Å². The number of carbonyl (C=O) groups is 3. The Morgan fingerprint density at radius 2 is 1.80 bits per heavy atom. The normalized spacial score (nSPS) is 11.2. The summed E-state index contributed by atoms with van der Waals surface area (Å²) in [5, 5.41) is 4.41. The highest BCUT2D eigenvalue weighted by Gasteiger charge is 2.28. The zero-order chi connectivity index (χ0) is 22.6. The van der Waals surface area contributed by atoms with Gasteiger partial charge in [-0.2, -0.15) is 13.2 Å². The predicted molar refractivity (Wildman–Crippen MR) is 104 cm³/mol. The molecule has 0 radical (unpaired) electrons. The van der Waals surface area contributed by atoms with Crippen molar-refractivity contribution in [1.82, 2.24) is 10.3 Å². The molecule has 0 aliphatic rings. The summed E-state index contributed by atoms with van der Waals surface area (Å²) in [5.41, 5.74) is 2.21. The third kappa shape index (κ3) is 5.19. The molecule has 10 heteroatoms. The van der Waals surface area contributed by atoms with E-state index >= 15 is 0 Å². The van der Waals surface area contributed by atoms with Crippen LogP contribution in [0.15, 0.2) is 18.2 Å². The Labute approximate surface area is 171 Å². The van der Waals surface area contributed by atoms with Crippen LogP contribution in [0.25, 0.3) is 0 Å². The monoisotopic (exact) mass is 425 g/mol. The molecule has 0 saturated carbocycles. The van der Waals surface area contributed by atoms with Crippen molar-refractivity contribution in [1.29, 1.82) is 0 Å². The van der Waals surface area contributed by atoms with Crippen LogP contribution in [-0.2, 0) is 11.2 Å². The minimum absolute atomic E-state index is 0.0344. The summed E-state index contributed by atoms with van der Waals surface area (Å²) in [5.74, 6) is -2.05. The number of methoxy groups -OCH3 is 1. The molecule has 2 amide bonds. The number of benzene rings is 1. The zero-order valence-electron chi connectivity index (χ0n) is 16.9. The maximum Gasteiger partial charge on any atom is 0.405 e. The summed E-state index contributed by atoms with van der Waals surface area (Å²) >= 11 is 0. The van der Waals surface area contributed by atoms with Gasteiger partial charge in [-0.3, -0.25) is 9.59 Å². The zero-order valence-corrected chi connectivity index (χ0v) is 16.9. The summed E-state index contributed by atoms with van der Waals surface area (Å²) in [6, 6.07) is 4.16. The number of halogens is 3. The maximum absolute atomic E-state index is 12.8. The molecule has 30 heavy (non-hydrogen) atoms. The van der Waals surface area contributed by atoms with Crippen molar-refractivity contribution in [3.8, 4) is 0 Å².